The summed E-state index contributed by atoms with van der Waals surface area (Å²) in [6, 6.07) is -0.544. The standard InChI is InChI=1S/C5H10N2O.C5H9NO2/c6-5(8)7-3-1-2-4-7;7-5(8)4-2-1-3-6-4/h1-4H2,(H2,6,8);4,6H,1-3H2,(H,7,8)/t;4-/m.1/s1. The molecule has 6 nitrogen and oxygen atoms in total. The fraction of sp³-hybridized carbons (Fsp3) is 0.800. The third kappa shape index (κ3) is 4.06. The first-order chi connectivity index (χ1) is 7.61. The van der Waals surface area contributed by atoms with Crippen molar-refractivity contribution in [3.05, 3.63) is 0 Å². The molecule has 2 fully saturated rings. The highest BCUT2D eigenvalue weighted by Gasteiger charge is 2.20. The lowest BCUT2D eigenvalue weighted by atomic mass is 10.2. The fourth-order valence-corrected chi connectivity index (χ4v) is 1.83. The van der Waals surface area contributed by atoms with Crippen molar-refractivity contribution in [2.75, 3.05) is 19.6 Å². The molecule has 0 saturated carbocycles. The van der Waals surface area contributed by atoms with Gasteiger partial charge in [0.15, 0.2) is 0 Å². The number of carboxylic acids is 1. The van der Waals surface area contributed by atoms with E-state index in [1.54, 1.807) is 4.90 Å². The molecule has 92 valence electrons. The Morgan fingerprint density at radius 2 is 1.88 bits per heavy atom. The van der Waals surface area contributed by atoms with Crippen LogP contribution in [0, 0.1) is 0 Å². The molecule has 2 rings (SSSR count). The normalized spacial score (nSPS) is 23.8. The Balaban J connectivity index is 0.000000160. The quantitative estimate of drug-likeness (QED) is 0.589. The molecule has 2 amide bonds. The molecule has 0 aliphatic carbocycles. The molecule has 0 aromatic rings. The second kappa shape index (κ2) is 6.32. The Kier molecular flexibility index (Phi) is 5.04. The monoisotopic (exact) mass is 229 g/mol. The van der Waals surface area contributed by atoms with Gasteiger partial charge in [0.25, 0.3) is 0 Å². The zero-order chi connectivity index (χ0) is 12.0. The van der Waals surface area contributed by atoms with E-state index in [1.807, 2.05) is 0 Å². The van der Waals surface area contributed by atoms with Crippen LogP contribution in [0.3, 0.4) is 0 Å². The van der Waals surface area contributed by atoms with Crippen LogP contribution in [0.25, 0.3) is 0 Å². The summed E-state index contributed by atoms with van der Waals surface area (Å²) < 4.78 is 0. The Labute approximate surface area is 94.8 Å². The number of carbonyl (C=O) groups is 2. The Bertz CT molecular complexity index is 220. The highest BCUT2D eigenvalue weighted by molar-refractivity contribution is 5.73. The fourth-order valence-electron chi connectivity index (χ4n) is 1.83. The van der Waals surface area contributed by atoms with E-state index in [2.05, 4.69) is 5.32 Å². The average Bonchev–Trinajstić information content (AvgIpc) is 2.93. The zero-order valence-corrected chi connectivity index (χ0v) is 9.32. The highest BCUT2D eigenvalue weighted by Crippen LogP contribution is 2.05. The van der Waals surface area contributed by atoms with Crippen LogP contribution in [-0.4, -0.2) is 47.7 Å². The van der Waals surface area contributed by atoms with Crippen molar-refractivity contribution >= 4 is 12.0 Å². The lowest BCUT2D eigenvalue weighted by Crippen LogP contribution is -2.32. The van der Waals surface area contributed by atoms with Gasteiger partial charge in [-0.1, -0.05) is 0 Å². The average molecular weight is 229 g/mol. The van der Waals surface area contributed by atoms with Crippen LogP contribution < -0.4 is 11.1 Å². The van der Waals surface area contributed by atoms with E-state index in [9.17, 15) is 9.59 Å². The molecule has 6 heteroatoms. The van der Waals surface area contributed by atoms with Gasteiger partial charge < -0.3 is 21.1 Å². The lowest BCUT2D eigenvalue weighted by Gasteiger charge is -2.09. The summed E-state index contributed by atoms with van der Waals surface area (Å²) in [5.41, 5.74) is 4.98. The van der Waals surface area contributed by atoms with Crippen LogP contribution in [0.15, 0.2) is 0 Å². The maximum absolute atomic E-state index is 10.3. The van der Waals surface area contributed by atoms with Crippen LogP contribution in [0.5, 0.6) is 0 Å². The molecular formula is C10H19N3O3. The molecule has 2 saturated heterocycles. The van der Waals surface area contributed by atoms with Gasteiger partial charge in [0.2, 0.25) is 0 Å². The molecule has 0 unspecified atom stereocenters. The van der Waals surface area contributed by atoms with Crippen LogP contribution in [-0.2, 0) is 4.79 Å². The number of nitrogens with one attached hydrogen (secondary N) is 1. The number of rotatable bonds is 1. The van der Waals surface area contributed by atoms with E-state index >= 15 is 0 Å². The SMILES string of the molecule is NC(=O)N1CCCC1.O=C(O)[C@H]1CCCN1. The molecule has 1 atom stereocenters. The summed E-state index contributed by atoms with van der Waals surface area (Å²) in [6.45, 7) is 2.57. The van der Waals surface area contributed by atoms with Crippen LogP contribution in [0.1, 0.15) is 25.7 Å². The summed E-state index contributed by atoms with van der Waals surface area (Å²) in [7, 11) is 0. The van der Waals surface area contributed by atoms with Gasteiger partial charge in [-0.3, -0.25) is 4.79 Å². The van der Waals surface area contributed by atoms with E-state index in [0.717, 1.165) is 45.3 Å². The second-order valence-electron chi connectivity index (χ2n) is 4.02. The van der Waals surface area contributed by atoms with E-state index in [1.165, 1.54) is 0 Å². The number of nitrogens with zero attached hydrogens (tertiary/aromatic N) is 1. The number of likely N-dealkylation sites (tertiary alicyclic amines) is 1. The van der Waals surface area contributed by atoms with Crippen molar-refractivity contribution in [2.45, 2.75) is 31.7 Å². The maximum atomic E-state index is 10.3. The van der Waals surface area contributed by atoms with Gasteiger partial charge >= 0.3 is 12.0 Å². The van der Waals surface area contributed by atoms with Crippen molar-refractivity contribution in [1.82, 2.24) is 10.2 Å². The first-order valence-corrected chi connectivity index (χ1v) is 5.62. The van der Waals surface area contributed by atoms with Gasteiger partial charge in [0, 0.05) is 13.1 Å². The summed E-state index contributed by atoms with van der Waals surface area (Å²) >= 11 is 0. The molecule has 0 aromatic heterocycles. The molecule has 16 heavy (non-hydrogen) atoms. The first kappa shape index (κ1) is 12.8. The number of nitrogens with two attached hydrogens (primary N) is 1. The third-order valence-corrected chi connectivity index (χ3v) is 2.78. The predicted molar refractivity (Wildman–Crippen MR) is 59.1 cm³/mol. The van der Waals surface area contributed by atoms with Gasteiger partial charge in [-0.05, 0) is 32.2 Å². The Hall–Kier alpha value is -1.30. The minimum atomic E-state index is -0.720. The molecule has 0 aromatic carbocycles. The van der Waals surface area contributed by atoms with Gasteiger partial charge in [0.05, 0.1) is 0 Å². The molecular weight excluding hydrogens is 210 g/mol. The van der Waals surface area contributed by atoms with Crippen LogP contribution in [0.2, 0.25) is 0 Å². The first-order valence-electron chi connectivity index (χ1n) is 5.62. The minimum absolute atomic E-state index is 0.269. The molecule has 2 heterocycles. The van der Waals surface area contributed by atoms with E-state index in [4.69, 9.17) is 10.8 Å². The zero-order valence-electron chi connectivity index (χ0n) is 9.32. The molecule has 2 aliphatic rings. The summed E-state index contributed by atoms with van der Waals surface area (Å²) in [6.07, 6.45) is 4.01. The van der Waals surface area contributed by atoms with E-state index in [0.29, 0.717) is 0 Å². The highest BCUT2D eigenvalue weighted by atomic mass is 16.4. The molecule has 0 radical (unpaired) electrons. The number of amides is 2. The predicted octanol–water partition coefficient (Wildman–Crippen LogP) is -0.0161. The van der Waals surface area contributed by atoms with E-state index < -0.39 is 5.97 Å². The van der Waals surface area contributed by atoms with Gasteiger partial charge in [-0.2, -0.15) is 0 Å². The summed E-state index contributed by atoms with van der Waals surface area (Å²) in [5.74, 6) is -0.720. The molecule has 0 spiro atoms. The smallest absolute Gasteiger partial charge is 0.320 e. The molecule has 4 N–H and O–H groups in total. The number of hydrogen-bond acceptors (Lipinski definition) is 3. The number of carboxylic acid groups (broad SMARTS) is 1. The Morgan fingerprint density at radius 1 is 1.25 bits per heavy atom. The van der Waals surface area contributed by atoms with Gasteiger partial charge in [-0.15, -0.1) is 0 Å². The molecule has 2 aliphatic heterocycles. The number of hydrogen-bond donors (Lipinski definition) is 3. The summed E-state index contributed by atoms with van der Waals surface area (Å²) in [5, 5.41) is 11.2. The van der Waals surface area contributed by atoms with Crippen molar-refractivity contribution in [1.29, 1.82) is 0 Å². The van der Waals surface area contributed by atoms with Gasteiger partial charge in [-0.25, -0.2) is 4.79 Å². The minimum Gasteiger partial charge on any atom is -0.480 e. The van der Waals surface area contributed by atoms with Crippen LogP contribution in [0.4, 0.5) is 4.79 Å². The topological polar surface area (TPSA) is 95.7 Å². The van der Waals surface area contributed by atoms with Crippen molar-refractivity contribution < 1.29 is 14.7 Å². The van der Waals surface area contributed by atoms with Crippen molar-refractivity contribution in [2.24, 2.45) is 5.73 Å². The number of primary amides is 1. The maximum Gasteiger partial charge on any atom is 0.320 e. The van der Waals surface area contributed by atoms with Crippen molar-refractivity contribution in [3.8, 4) is 0 Å². The lowest BCUT2D eigenvalue weighted by molar-refractivity contribution is -0.139. The Morgan fingerprint density at radius 3 is 2.12 bits per heavy atom. The van der Waals surface area contributed by atoms with Crippen LogP contribution >= 0.6 is 0 Å². The van der Waals surface area contributed by atoms with Gasteiger partial charge in [0.1, 0.15) is 6.04 Å². The van der Waals surface area contributed by atoms with Crippen molar-refractivity contribution in [3.63, 3.8) is 0 Å². The third-order valence-electron chi connectivity index (χ3n) is 2.78. The number of aliphatic carboxylic acids is 1. The second-order valence-corrected chi connectivity index (χ2v) is 4.02. The number of urea groups is 1. The number of carbonyl (C=O) groups excluding carboxylic acids is 1. The van der Waals surface area contributed by atoms with E-state index in [-0.39, 0.29) is 12.1 Å². The largest absolute Gasteiger partial charge is 0.480 e. The molecule has 0 bridgehead atoms. The summed E-state index contributed by atoms with van der Waals surface area (Å²) in [4.78, 5) is 22.2.